The monoisotopic (exact) mass is 390 g/mol. The zero-order valence-electron chi connectivity index (χ0n) is 14.8. The van der Waals surface area contributed by atoms with Crippen LogP contribution in [-0.2, 0) is 12.6 Å². The van der Waals surface area contributed by atoms with Crippen molar-refractivity contribution >= 4 is 11.7 Å². The fourth-order valence-electron chi connectivity index (χ4n) is 3.42. The maximum absolute atomic E-state index is 13.0. The van der Waals surface area contributed by atoms with Crippen molar-refractivity contribution in [3.63, 3.8) is 0 Å². The average molecular weight is 390 g/mol. The second kappa shape index (κ2) is 6.61. The van der Waals surface area contributed by atoms with E-state index in [0.717, 1.165) is 25.0 Å². The van der Waals surface area contributed by atoms with Crippen LogP contribution in [0.25, 0.3) is 5.69 Å². The third-order valence-electron chi connectivity index (χ3n) is 5.03. The number of hydrogen-bond acceptors (Lipinski definition) is 3. The molecule has 5 nitrogen and oxygen atoms in total. The number of nitrogens with one attached hydrogen (secondary N) is 1. The van der Waals surface area contributed by atoms with Crippen molar-refractivity contribution in [3.05, 3.63) is 63.1 Å². The van der Waals surface area contributed by atoms with E-state index in [-0.39, 0.29) is 28.6 Å². The molecule has 1 amide bonds. The number of Topliss-reactive ketones (excluding diaryl/α,β-unsaturated/α-hetero) is 1. The molecule has 0 unspecified atom stereocenters. The van der Waals surface area contributed by atoms with Crippen LogP contribution in [0, 0.1) is 0 Å². The lowest BCUT2D eigenvalue weighted by Gasteiger charge is -2.22. The lowest BCUT2D eigenvalue weighted by molar-refractivity contribution is -0.137. The van der Waals surface area contributed by atoms with E-state index in [2.05, 4.69) is 5.32 Å². The van der Waals surface area contributed by atoms with E-state index >= 15 is 0 Å². The number of hydrogen-bond donors (Lipinski definition) is 1. The first kappa shape index (κ1) is 18.5. The minimum absolute atomic E-state index is 0.0261. The van der Waals surface area contributed by atoms with Crippen LogP contribution in [-0.4, -0.2) is 22.3 Å². The number of aromatic nitrogens is 1. The van der Waals surface area contributed by atoms with Crippen molar-refractivity contribution in [1.82, 2.24) is 9.88 Å². The van der Waals surface area contributed by atoms with Crippen molar-refractivity contribution in [2.45, 2.75) is 44.3 Å². The SMILES string of the molecule is O=C1CCCc2c1cc(C(=O)NC1CC1)c(=O)n2-c1ccc(C(F)(F)F)cc1. The summed E-state index contributed by atoms with van der Waals surface area (Å²) in [7, 11) is 0. The number of carbonyl (C=O) groups excluding carboxylic acids is 2. The van der Waals surface area contributed by atoms with E-state index in [1.807, 2.05) is 0 Å². The third-order valence-corrected chi connectivity index (χ3v) is 5.03. The van der Waals surface area contributed by atoms with Gasteiger partial charge in [0.05, 0.1) is 5.56 Å². The first-order chi connectivity index (χ1) is 13.3. The predicted octanol–water partition coefficient (Wildman–Crippen LogP) is 3.27. The topological polar surface area (TPSA) is 68.2 Å². The number of amides is 1. The fourth-order valence-corrected chi connectivity index (χ4v) is 3.42. The number of alkyl halides is 3. The molecule has 0 spiro atoms. The Morgan fingerprint density at radius 3 is 2.36 bits per heavy atom. The molecular weight excluding hydrogens is 373 g/mol. The highest BCUT2D eigenvalue weighted by Crippen LogP contribution is 2.30. The zero-order chi connectivity index (χ0) is 20.1. The summed E-state index contributed by atoms with van der Waals surface area (Å²) in [6.07, 6.45) is -1.54. The molecule has 2 aliphatic rings. The Labute approximate surface area is 158 Å². The summed E-state index contributed by atoms with van der Waals surface area (Å²) in [6, 6.07) is 5.50. The van der Waals surface area contributed by atoms with E-state index in [9.17, 15) is 27.6 Å². The highest BCUT2D eigenvalue weighted by atomic mass is 19.4. The van der Waals surface area contributed by atoms with Crippen molar-refractivity contribution in [2.75, 3.05) is 0 Å². The maximum atomic E-state index is 13.0. The van der Waals surface area contributed by atoms with Gasteiger partial charge in [-0.05, 0) is 56.0 Å². The summed E-state index contributed by atoms with van der Waals surface area (Å²) in [5, 5.41) is 2.73. The van der Waals surface area contributed by atoms with Gasteiger partial charge >= 0.3 is 6.18 Å². The number of carbonyl (C=O) groups is 2. The van der Waals surface area contributed by atoms with Gasteiger partial charge in [0, 0.05) is 29.4 Å². The Hall–Kier alpha value is -2.90. The quantitative estimate of drug-likeness (QED) is 0.875. The average Bonchev–Trinajstić information content (AvgIpc) is 3.45. The molecule has 1 heterocycles. The molecule has 2 aromatic rings. The molecule has 0 atom stereocenters. The lowest BCUT2D eigenvalue weighted by Crippen LogP contribution is -2.36. The molecule has 0 bridgehead atoms. The molecule has 1 aromatic carbocycles. The first-order valence-electron chi connectivity index (χ1n) is 9.06. The molecule has 8 heteroatoms. The van der Waals surface area contributed by atoms with Crippen molar-refractivity contribution in [1.29, 1.82) is 0 Å². The molecule has 4 rings (SSSR count). The Morgan fingerprint density at radius 1 is 1.07 bits per heavy atom. The first-order valence-corrected chi connectivity index (χ1v) is 9.06. The van der Waals surface area contributed by atoms with Gasteiger partial charge in [0.2, 0.25) is 0 Å². The number of nitrogens with zero attached hydrogens (tertiary/aromatic N) is 1. The normalized spacial score (nSPS) is 16.6. The van der Waals surface area contributed by atoms with E-state index in [1.54, 1.807) is 0 Å². The van der Waals surface area contributed by atoms with E-state index < -0.39 is 23.2 Å². The number of ketones is 1. The van der Waals surface area contributed by atoms with Crippen LogP contribution in [0.15, 0.2) is 35.1 Å². The molecule has 28 heavy (non-hydrogen) atoms. The smallest absolute Gasteiger partial charge is 0.349 e. The van der Waals surface area contributed by atoms with E-state index in [1.165, 1.54) is 22.8 Å². The number of halogens is 3. The molecule has 1 aromatic heterocycles. The van der Waals surface area contributed by atoms with Crippen LogP contribution in [0.5, 0.6) is 0 Å². The zero-order valence-corrected chi connectivity index (χ0v) is 14.8. The molecule has 2 aliphatic carbocycles. The van der Waals surface area contributed by atoms with Crippen molar-refractivity contribution in [3.8, 4) is 5.69 Å². The molecule has 0 saturated heterocycles. The summed E-state index contributed by atoms with van der Waals surface area (Å²) in [5.74, 6) is -0.739. The second-order valence-corrected chi connectivity index (χ2v) is 7.13. The van der Waals surface area contributed by atoms with Crippen LogP contribution >= 0.6 is 0 Å². The van der Waals surface area contributed by atoms with E-state index in [4.69, 9.17) is 0 Å². The van der Waals surface area contributed by atoms with Gasteiger partial charge in [0.1, 0.15) is 5.56 Å². The minimum atomic E-state index is -4.50. The van der Waals surface area contributed by atoms with Crippen molar-refractivity contribution < 1.29 is 22.8 Å². The minimum Gasteiger partial charge on any atom is -0.349 e. The number of pyridine rings is 1. The largest absolute Gasteiger partial charge is 0.416 e. The Morgan fingerprint density at radius 2 is 1.75 bits per heavy atom. The Kier molecular flexibility index (Phi) is 4.36. The summed E-state index contributed by atoms with van der Waals surface area (Å²) in [6.45, 7) is 0. The molecular formula is C20H17F3N2O3. The molecule has 1 N–H and O–H groups in total. The molecule has 0 radical (unpaired) electrons. The predicted molar refractivity (Wildman–Crippen MR) is 94.8 cm³/mol. The van der Waals surface area contributed by atoms with Gasteiger partial charge in [-0.1, -0.05) is 0 Å². The fraction of sp³-hybridized carbons (Fsp3) is 0.350. The summed E-state index contributed by atoms with van der Waals surface area (Å²) < 4.78 is 39.8. The van der Waals surface area contributed by atoms with Crippen LogP contribution in [0.3, 0.4) is 0 Å². The number of benzene rings is 1. The lowest BCUT2D eigenvalue weighted by atomic mass is 9.92. The highest BCUT2D eigenvalue weighted by molar-refractivity contribution is 6.02. The Balaban J connectivity index is 1.87. The summed E-state index contributed by atoms with van der Waals surface area (Å²) in [5.41, 5.74) is -0.718. The van der Waals surface area contributed by atoms with Gasteiger partial charge in [-0.25, -0.2) is 0 Å². The third kappa shape index (κ3) is 3.34. The van der Waals surface area contributed by atoms with E-state index in [0.29, 0.717) is 25.0 Å². The van der Waals surface area contributed by atoms with Crippen LogP contribution in [0.1, 0.15) is 57.7 Å². The van der Waals surface area contributed by atoms with Gasteiger partial charge in [0.25, 0.3) is 11.5 Å². The highest BCUT2D eigenvalue weighted by Gasteiger charge is 2.31. The van der Waals surface area contributed by atoms with Crippen LogP contribution in [0.4, 0.5) is 13.2 Å². The van der Waals surface area contributed by atoms with Gasteiger partial charge in [0.15, 0.2) is 5.78 Å². The standard InChI is InChI=1S/C20H17F3N2O3/c21-20(22,23)11-4-8-13(9-5-11)25-16-2-1-3-17(26)14(16)10-15(19(25)28)18(27)24-12-6-7-12/h4-5,8-10,12H,1-3,6-7H2,(H,24,27). The number of fused-ring (bicyclic) bond motifs is 1. The van der Waals surface area contributed by atoms with Gasteiger partial charge < -0.3 is 5.32 Å². The molecule has 0 aliphatic heterocycles. The molecule has 1 saturated carbocycles. The summed E-state index contributed by atoms with van der Waals surface area (Å²) >= 11 is 0. The van der Waals surface area contributed by atoms with Crippen molar-refractivity contribution in [2.24, 2.45) is 0 Å². The summed E-state index contributed by atoms with van der Waals surface area (Å²) in [4.78, 5) is 37.9. The van der Waals surface area contributed by atoms with Crippen LogP contribution in [0.2, 0.25) is 0 Å². The number of rotatable bonds is 3. The molecule has 1 fully saturated rings. The van der Waals surface area contributed by atoms with Gasteiger partial charge in [-0.15, -0.1) is 0 Å². The second-order valence-electron chi connectivity index (χ2n) is 7.13. The van der Waals surface area contributed by atoms with Gasteiger partial charge in [-0.3, -0.25) is 19.0 Å². The van der Waals surface area contributed by atoms with Crippen LogP contribution < -0.4 is 10.9 Å². The maximum Gasteiger partial charge on any atom is 0.416 e. The Bertz CT molecular complexity index is 1020. The molecule has 146 valence electrons. The van der Waals surface area contributed by atoms with Gasteiger partial charge in [-0.2, -0.15) is 13.2 Å².